The second-order valence-electron chi connectivity index (χ2n) is 6.86. The lowest BCUT2D eigenvalue weighted by Gasteiger charge is -2.43. The molecule has 0 atom stereocenters. The molecule has 1 saturated heterocycles. The van der Waals surface area contributed by atoms with Crippen LogP contribution in [0, 0.1) is 0 Å². The maximum atomic E-state index is 11.5. The number of hydrogen-bond donors (Lipinski definition) is 3. The Balaban J connectivity index is 1.69. The van der Waals surface area contributed by atoms with Gasteiger partial charge in [-0.1, -0.05) is 23.7 Å². The van der Waals surface area contributed by atoms with Crippen molar-refractivity contribution < 1.29 is 4.79 Å². The topological polar surface area (TPSA) is 79.5 Å². The number of fused-ring (bicyclic) bond motifs is 1. The fraction of sp³-hybridized carbons (Fsp3) is 0.300. The first kappa shape index (κ1) is 18.2. The number of nitrogens with two attached hydrogens (primary N) is 1. The first-order chi connectivity index (χ1) is 13.1. The van der Waals surface area contributed by atoms with Crippen LogP contribution in [0.2, 0.25) is 5.02 Å². The third-order valence-corrected chi connectivity index (χ3v) is 6.26. The third kappa shape index (κ3) is 3.77. The molecule has 5 nitrogen and oxygen atoms in total. The molecule has 2 aliphatic heterocycles. The van der Waals surface area contributed by atoms with Gasteiger partial charge < -0.3 is 16.4 Å². The van der Waals surface area contributed by atoms with Gasteiger partial charge in [0.05, 0.1) is 23.5 Å². The number of benzene rings is 2. The standard InChI is InChI=1S/C20H21ClN4OS/c21-15-3-1-2-13(10-15)12-23-19-20(6-8-27-9-7-20)25-16-5-4-14(18(22)26)11-17(16)24-19/h1-5,10-11,25H,6-9,12H2,(H2,22,26)(H,23,24). The van der Waals surface area contributed by atoms with E-state index in [1.165, 1.54) is 0 Å². The maximum absolute atomic E-state index is 11.5. The first-order valence-corrected chi connectivity index (χ1v) is 10.5. The molecule has 2 aliphatic rings. The molecule has 7 heteroatoms. The zero-order valence-corrected chi connectivity index (χ0v) is 16.4. The molecule has 2 heterocycles. The van der Waals surface area contributed by atoms with E-state index in [4.69, 9.17) is 22.3 Å². The van der Waals surface area contributed by atoms with Gasteiger partial charge in [-0.3, -0.25) is 9.79 Å². The number of carbonyl (C=O) groups excluding carboxylic acids is 1. The highest BCUT2D eigenvalue weighted by atomic mass is 35.5. The van der Waals surface area contributed by atoms with E-state index in [0.717, 1.165) is 47.1 Å². The minimum absolute atomic E-state index is 0.203. The van der Waals surface area contributed by atoms with E-state index in [9.17, 15) is 4.79 Å². The van der Waals surface area contributed by atoms with Crippen molar-refractivity contribution in [3.63, 3.8) is 0 Å². The van der Waals surface area contributed by atoms with Crippen LogP contribution in [0.25, 0.3) is 0 Å². The van der Waals surface area contributed by atoms with E-state index < -0.39 is 5.91 Å². The highest BCUT2D eigenvalue weighted by Crippen LogP contribution is 2.39. The maximum Gasteiger partial charge on any atom is 0.248 e. The van der Waals surface area contributed by atoms with Crippen LogP contribution in [0.4, 0.5) is 11.4 Å². The summed E-state index contributed by atoms with van der Waals surface area (Å²) in [5.74, 6) is 2.64. The Morgan fingerprint density at radius 1 is 1.19 bits per heavy atom. The molecule has 0 unspecified atom stereocenters. The zero-order valence-electron chi connectivity index (χ0n) is 14.8. The molecule has 0 aromatic heterocycles. The fourth-order valence-electron chi connectivity index (χ4n) is 3.55. The molecule has 1 spiro atoms. The quantitative estimate of drug-likeness (QED) is 0.723. The smallest absolute Gasteiger partial charge is 0.248 e. The minimum atomic E-state index is -0.439. The highest BCUT2D eigenvalue weighted by molar-refractivity contribution is 7.99. The molecular formula is C20H21ClN4OS. The summed E-state index contributed by atoms with van der Waals surface area (Å²) in [6.45, 7) is 0.546. The number of amidine groups is 1. The number of anilines is 2. The molecule has 0 aliphatic carbocycles. The van der Waals surface area contributed by atoms with Crippen molar-refractivity contribution in [1.82, 2.24) is 0 Å². The summed E-state index contributed by atoms with van der Waals surface area (Å²) >= 11 is 8.07. The van der Waals surface area contributed by atoms with Gasteiger partial charge in [-0.05, 0) is 60.2 Å². The van der Waals surface area contributed by atoms with Gasteiger partial charge in [0.15, 0.2) is 0 Å². The molecule has 0 radical (unpaired) electrons. The van der Waals surface area contributed by atoms with Crippen molar-refractivity contribution in [2.75, 3.05) is 22.1 Å². The van der Waals surface area contributed by atoms with E-state index in [2.05, 4.69) is 10.6 Å². The van der Waals surface area contributed by atoms with Crippen LogP contribution in [0.15, 0.2) is 47.5 Å². The predicted octanol–water partition coefficient (Wildman–Crippen LogP) is 4.14. The lowest BCUT2D eigenvalue weighted by molar-refractivity contribution is 0.100. The number of rotatable bonds is 3. The van der Waals surface area contributed by atoms with E-state index in [1.807, 2.05) is 42.1 Å². The monoisotopic (exact) mass is 400 g/mol. The fourth-order valence-corrected chi connectivity index (χ4v) is 4.95. The van der Waals surface area contributed by atoms with Crippen LogP contribution >= 0.6 is 23.4 Å². The van der Waals surface area contributed by atoms with Crippen LogP contribution in [-0.2, 0) is 6.54 Å². The molecular weight excluding hydrogens is 380 g/mol. The van der Waals surface area contributed by atoms with Gasteiger partial charge in [0.1, 0.15) is 5.84 Å². The average molecular weight is 401 g/mol. The zero-order chi connectivity index (χ0) is 18.9. The van der Waals surface area contributed by atoms with E-state index in [1.54, 1.807) is 12.1 Å². The summed E-state index contributed by atoms with van der Waals surface area (Å²) in [6.07, 6.45) is 1.99. The summed E-state index contributed by atoms with van der Waals surface area (Å²) in [6, 6.07) is 13.2. The normalized spacial score (nSPS) is 19.2. The van der Waals surface area contributed by atoms with Crippen LogP contribution in [0.1, 0.15) is 28.8 Å². The van der Waals surface area contributed by atoms with Gasteiger partial charge in [0.25, 0.3) is 0 Å². The molecule has 140 valence electrons. The van der Waals surface area contributed by atoms with E-state index >= 15 is 0 Å². The molecule has 1 amide bonds. The number of amides is 1. The van der Waals surface area contributed by atoms with Gasteiger partial charge in [0, 0.05) is 10.6 Å². The van der Waals surface area contributed by atoms with Gasteiger partial charge in [-0.25, -0.2) is 0 Å². The number of carbonyl (C=O) groups is 1. The Labute approximate surface area is 167 Å². The number of primary amides is 1. The molecule has 1 fully saturated rings. The number of halogens is 1. The van der Waals surface area contributed by atoms with Crippen LogP contribution in [-0.4, -0.2) is 28.8 Å². The summed E-state index contributed by atoms with van der Waals surface area (Å²) in [7, 11) is 0. The Kier molecular flexibility index (Phi) is 5.02. The predicted molar refractivity (Wildman–Crippen MR) is 114 cm³/mol. The second-order valence-corrected chi connectivity index (χ2v) is 8.53. The molecule has 2 aromatic carbocycles. The molecule has 0 bridgehead atoms. The van der Waals surface area contributed by atoms with Crippen molar-refractivity contribution in [2.24, 2.45) is 10.7 Å². The molecule has 4 N–H and O–H groups in total. The lowest BCUT2D eigenvalue weighted by atomic mass is 9.87. The summed E-state index contributed by atoms with van der Waals surface area (Å²) in [5, 5.41) is 7.88. The van der Waals surface area contributed by atoms with Crippen molar-refractivity contribution in [3.8, 4) is 0 Å². The number of thioether (sulfide) groups is 1. The summed E-state index contributed by atoms with van der Waals surface area (Å²) < 4.78 is 0. The summed E-state index contributed by atoms with van der Waals surface area (Å²) in [4.78, 5) is 16.4. The molecule has 27 heavy (non-hydrogen) atoms. The van der Waals surface area contributed by atoms with Crippen molar-refractivity contribution >= 4 is 46.5 Å². The SMILES string of the molecule is NC(=O)c1ccc2c(c1)NC(=NCc1cccc(Cl)c1)C1(CCSCC1)N2. The molecule has 0 saturated carbocycles. The Bertz CT molecular complexity index is 909. The van der Waals surface area contributed by atoms with Gasteiger partial charge >= 0.3 is 0 Å². The Morgan fingerprint density at radius 2 is 2.00 bits per heavy atom. The van der Waals surface area contributed by atoms with Crippen LogP contribution in [0.5, 0.6) is 0 Å². The molecule has 4 rings (SSSR count). The number of nitrogens with one attached hydrogen (secondary N) is 2. The van der Waals surface area contributed by atoms with E-state index in [-0.39, 0.29) is 5.54 Å². The largest absolute Gasteiger partial charge is 0.371 e. The second kappa shape index (κ2) is 7.44. The minimum Gasteiger partial charge on any atom is -0.371 e. The van der Waals surface area contributed by atoms with Gasteiger partial charge in [0.2, 0.25) is 5.91 Å². The number of aliphatic imine (C=N–C) groups is 1. The van der Waals surface area contributed by atoms with Crippen LogP contribution in [0.3, 0.4) is 0 Å². The van der Waals surface area contributed by atoms with Crippen molar-refractivity contribution in [3.05, 3.63) is 58.6 Å². The van der Waals surface area contributed by atoms with Gasteiger partial charge in [-0.2, -0.15) is 11.8 Å². The Morgan fingerprint density at radius 3 is 2.74 bits per heavy atom. The van der Waals surface area contributed by atoms with Gasteiger partial charge in [-0.15, -0.1) is 0 Å². The van der Waals surface area contributed by atoms with Crippen molar-refractivity contribution in [2.45, 2.75) is 24.9 Å². The highest BCUT2D eigenvalue weighted by Gasteiger charge is 2.41. The van der Waals surface area contributed by atoms with Crippen LogP contribution < -0.4 is 16.4 Å². The summed E-state index contributed by atoms with van der Waals surface area (Å²) in [5.41, 5.74) is 8.59. The Hall–Kier alpha value is -2.18. The first-order valence-electron chi connectivity index (χ1n) is 8.92. The molecule has 2 aromatic rings. The van der Waals surface area contributed by atoms with E-state index in [0.29, 0.717) is 17.1 Å². The average Bonchev–Trinajstić information content (AvgIpc) is 2.66. The third-order valence-electron chi connectivity index (χ3n) is 5.04. The number of hydrogen-bond acceptors (Lipinski definition) is 4. The van der Waals surface area contributed by atoms with Crippen molar-refractivity contribution in [1.29, 1.82) is 0 Å². The number of nitrogens with zero attached hydrogens (tertiary/aromatic N) is 1. The lowest BCUT2D eigenvalue weighted by Crippen LogP contribution is -2.54.